The van der Waals surface area contributed by atoms with Crippen LogP contribution in [0.2, 0.25) is 0 Å². The molecule has 0 fully saturated rings. The highest BCUT2D eigenvalue weighted by Crippen LogP contribution is 2.26. The fourth-order valence-electron chi connectivity index (χ4n) is 2.05. The van der Waals surface area contributed by atoms with Crippen molar-refractivity contribution in [2.75, 3.05) is 0 Å². The van der Waals surface area contributed by atoms with Gasteiger partial charge in [-0.1, -0.05) is 13.0 Å². The second kappa shape index (κ2) is 5.01. The Bertz CT molecular complexity index is 474. The molecule has 0 bridgehead atoms. The van der Waals surface area contributed by atoms with E-state index in [1.807, 2.05) is 19.1 Å². The maximum Gasteiger partial charge on any atom is 0.184 e. The van der Waals surface area contributed by atoms with Crippen LogP contribution in [-0.4, -0.2) is 11.9 Å². The SMILES string of the molecule is CCC(C#N)Oc1ccc2c(c1)C(=O)CCC2. The van der Waals surface area contributed by atoms with Crippen molar-refractivity contribution in [3.05, 3.63) is 29.3 Å². The number of hydrogen-bond donors (Lipinski definition) is 0. The van der Waals surface area contributed by atoms with Gasteiger partial charge >= 0.3 is 0 Å². The molecule has 3 nitrogen and oxygen atoms in total. The van der Waals surface area contributed by atoms with Crippen LogP contribution in [-0.2, 0) is 6.42 Å². The van der Waals surface area contributed by atoms with E-state index in [1.54, 1.807) is 6.07 Å². The number of nitrogens with zero attached hydrogens (tertiary/aromatic N) is 1. The van der Waals surface area contributed by atoms with Crippen molar-refractivity contribution in [1.82, 2.24) is 0 Å². The Kier molecular flexibility index (Phi) is 3.43. The van der Waals surface area contributed by atoms with Crippen molar-refractivity contribution in [3.63, 3.8) is 0 Å². The van der Waals surface area contributed by atoms with Crippen molar-refractivity contribution in [1.29, 1.82) is 5.26 Å². The van der Waals surface area contributed by atoms with E-state index in [4.69, 9.17) is 10.00 Å². The molecule has 0 spiro atoms. The zero-order valence-corrected chi connectivity index (χ0v) is 9.90. The Labute approximate surface area is 101 Å². The molecule has 1 aromatic rings. The average molecular weight is 229 g/mol. The molecule has 0 aromatic heterocycles. The Morgan fingerprint density at radius 3 is 3.00 bits per heavy atom. The highest BCUT2D eigenvalue weighted by molar-refractivity contribution is 5.98. The van der Waals surface area contributed by atoms with Gasteiger partial charge in [-0.3, -0.25) is 4.79 Å². The monoisotopic (exact) mass is 229 g/mol. The van der Waals surface area contributed by atoms with Crippen molar-refractivity contribution < 1.29 is 9.53 Å². The lowest BCUT2D eigenvalue weighted by atomic mass is 9.90. The summed E-state index contributed by atoms with van der Waals surface area (Å²) in [6.07, 6.45) is 2.71. The van der Waals surface area contributed by atoms with Crippen LogP contribution in [0.4, 0.5) is 0 Å². The largest absolute Gasteiger partial charge is 0.476 e. The number of nitriles is 1. The van der Waals surface area contributed by atoms with E-state index in [2.05, 4.69) is 6.07 Å². The molecule has 0 saturated heterocycles. The fraction of sp³-hybridized carbons (Fsp3) is 0.429. The molecule has 3 heteroatoms. The lowest BCUT2D eigenvalue weighted by Crippen LogP contribution is -2.14. The van der Waals surface area contributed by atoms with Gasteiger partial charge in [-0.25, -0.2) is 0 Å². The van der Waals surface area contributed by atoms with Gasteiger partial charge in [0.1, 0.15) is 11.8 Å². The third-order valence-electron chi connectivity index (χ3n) is 3.02. The molecular weight excluding hydrogens is 214 g/mol. The van der Waals surface area contributed by atoms with Crippen LogP contribution in [0.25, 0.3) is 0 Å². The number of aryl methyl sites for hydroxylation is 1. The van der Waals surface area contributed by atoms with Crippen molar-refractivity contribution >= 4 is 5.78 Å². The summed E-state index contributed by atoms with van der Waals surface area (Å²) in [4.78, 5) is 11.7. The smallest absolute Gasteiger partial charge is 0.184 e. The molecule has 88 valence electrons. The predicted molar refractivity (Wildman–Crippen MR) is 64.0 cm³/mol. The first-order chi connectivity index (χ1) is 8.24. The van der Waals surface area contributed by atoms with Gasteiger partial charge in [-0.15, -0.1) is 0 Å². The summed E-state index contributed by atoms with van der Waals surface area (Å²) in [7, 11) is 0. The zero-order valence-electron chi connectivity index (χ0n) is 9.90. The summed E-state index contributed by atoms with van der Waals surface area (Å²) in [6.45, 7) is 1.90. The van der Waals surface area contributed by atoms with E-state index in [0.29, 0.717) is 18.6 Å². The third-order valence-corrected chi connectivity index (χ3v) is 3.02. The van der Waals surface area contributed by atoms with E-state index in [1.165, 1.54) is 0 Å². The average Bonchev–Trinajstić information content (AvgIpc) is 2.37. The number of ether oxygens (including phenoxy) is 1. The highest BCUT2D eigenvalue weighted by Gasteiger charge is 2.18. The summed E-state index contributed by atoms with van der Waals surface area (Å²) in [5, 5.41) is 8.84. The van der Waals surface area contributed by atoms with Gasteiger partial charge in [-0.2, -0.15) is 5.26 Å². The molecule has 0 aliphatic heterocycles. The minimum Gasteiger partial charge on any atom is -0.476 e. The number of hydrogen-bond acceptors (Lipinski definition) is 3. The molecule has 17 heavy (non-hydrogen) atoms. The molecule has 1 aliphatic rings. The van der Waals surface area contributed by atoms with Crippen LogP contribution in [0.3, 0.4) is 0 Å². The minimum atomic E-state index is -0.438. The number of carbonyl (C=O) groups excluding carboxylic acids is 1. The summed E-state index contributed by atoms with van der Waals surface area (Å²) in [6, 6.07) is 7.64. The third kappa shape index (κ3) is 2.47. The van der Waals surface area contributed by atoms with Gasteiger partial charge in [-0.05, 0) is 37.0 Å². The van der Waals surface area contributed by atoms with E-state index >= 15 is 0 Å². The normalized spacial score (nSPS) is 15.9. The Hall–Kier alpha value is -1.82. The first-order valence-corrected chi connectivity index (χ1v) is 5.97. The van der Waals surface area contributed by atoms with E-state index in [9.17, 15) is 4.79 Å². The second-order valence-electron chi connectivity index (χ2n) is 4.24. The van der Waals surface area contributed by atoms with Crippen molar-refractivity contribution in [2.24, 2.45) is 0 Å². The highest BCUT2D eigenvalue weighted by atomic mass is 16.5. The summed E-state index contributed by atoms with van der Waals surface area (Å²) in [5.41, 5.74) is 1.86. The molecule has 2 rings (SSSR count). The first kappa shape index (κ1) is 11.7. The number of Topliss-reactive ketones (excluding diaryl/α,β-unsaturated/α-hetero) is 1. The molecule has 0 radical (unpaired) electrons. The van der Waals surface area contributed by atoms with E-state index < -0.39 is 6.10 Å². The number of benzene rings is 1. The van der Waals surface area contributed by atoms with Gasteiger partial charge < -0.3 is 4.74 Å². The van der Waals surface area contributed by atoms with Crippen LogP contribution in [0.5, 0.6) is 5.75 Å². The topological polar surface area (TPSA) is 50.1 Å². The van der Waals surface area contributed by atoms with Gasteiger partial charge in [0.15, 0.2) is 11.9 Å². The van der Waals surface area contributed by atoms with Crippen molar-refractivity contribution in [3.8, 4) is 11.8 Å². The molecule has 1 aliphatic carbocycles. The lowest BCUT2D eigenvalue weighted by Gasteiger charge is -2.17. The fourth-order valence-corrected chi connectivity index (χ4v) is 2.05. The van der Waals surface area contributed by atoms with Gasteiger partial charge in [0.2, 0.25) is 0 Å². The first-order valence-electron chi connectivity index (χ1n) is 5.97. The van der Waals surface area contributed by atoms with Crippen LogP contribution in [0.15, 0.2) is 18.2 Å². The molecule has 0 saturated carbocycles. The standard InChI is InChI=1S/C14H15NO2/c1-2-11(9-15)17-12-7-6-10-4-3-5-14(16)13(10)8-12/h6-8,11H,2-5H2,1H3. The Morgan fingerprint density at radius 1 is 1.47 bits per heavy atom. The zero-order chi connectivity index (χ0) is 12.3. The van der Waals surface area contributed by atoms with Crippen LogP contribution >= 0.6 is 0 Å². The van der Waals surface area contributed by atoms with Crippen LogP contribution in [0, 0.1) is 11.3 Å². The number of fused-ring (bicyclic) bond motifs is 1. The molecular formula is C14H15NO2. The maximum absolute atomic E-state index is 11.7. The summed E-state index contributed by atoms with van der Waals surface area (Å²) >= 11 is 0. The summed E-state index contributed by atoms with van der Waals surface area (Å²) < 4.78 is 5.51. The lowest BCUT2D eigenvalue weighted by molar-refractivity contribution is 0.0971. The number of carbonyl (C=O) groups is 1. The molecule has 0 heterocycles. The van der Waals surface area contributed by atoms with Gasteiger partial charge in [0, 0.05) is 12.0 Å². The quantitative estimate of drug-likeness (QED) is 0.800. The molecule has 0 N–H and O–H groups in total. The van der Waals surface area contributed by atoms with Gasteiger partial charge in [0.25, 0.3) is 0 Å². The van der Waals surface area contributed by atoms with Crippen LogP contribution < -0.4 is 4.74 Å². The predicted octanol–water partition coefficient (Wildman–Crippen LogP) is 2.89. The maximum atomic E-state index is 11.7. The minimum absolute atomic E-state index is 0.182. The Morgan fingerprint density at radius 2 is 2.29 bits per heavy atom. The van der Waals surface area contributed by atoms with E-state index in [0.717, 1.165) is 24.0 Å². The number of rotatable bonds is 3. The Balaban J connectivity index is 2.24. The van der Waals surface area contributed by atoms with Gasteiger partial charge in [0.05, 0.1) is 0 Å². The molecule has 1 atom stereocenters. The second-order valence-corrected chi connectivity index (χ2v) is 4.24. The summed E-state index contributed by atoms with van der Waals surface area (Å²) in [5.74, 6) is 0.800. The van der Waals surface area contributed by atoms with Crippen LogP contribution in [0.1, 0.15) is 42.1 Å². The van der Waals surface area contributed by atoms with E-state index in [-0.39, 0.29) is 5.78 Å². The number of ketones is 1. The molecule has 1 unspecified atom stereocenters. The van der Waals surface area contributed by atoms with Crippen molar-refractivity contribution in [2.45, 2.75) is 38.7 Å². The molecule has 0 amide bonds. The molecule has 1 aromatic carbocycles.